The van der Waals surface area contributed by atoms with E-state index < -0.39 is 11.5 Å². The Bertz CT molecular complexity index is 400. The van der Waals surface area contributed by atoms with Crippen LogP contribution < -0.4 is 5.32 Å². The van der Waals surface area contributed by atoms with Gasteiger partial charge in [-0.05, 0) is 30.4 Å². The summed E-state index contributed by atoms with van der Waals surface area (Å²) in [6.07, 6.45) is 2.42. The van der Waals surface area contributed by atoms with Gasteiger partial charge in [-0.2, -0.15) is 0 Å². The average molecular weight is 274 g/mol. The van der Waals surface area contributed by atoms with Gasteiger partial charge in [-0.15, -0.1) is 0 Å². The second-order valence-electron chi connectivity index (χ2n) is 5.07. The second kappa shape index (κ2) is 4.51. The molecule has 1 N–H and O–H groups in total. The molecule has 1 unspecified atom stereocenters. The largest absolute Gasteiger partial charge is 0.372 e. The molecule has 100 valence electrons. The lowest BCUT2D eigenvalue weighted by atomic mass is 9.76. The number of ether oxygens (including phenoxy) is 1. The van der Waals surface area contributed by atoms with E-state index in [9.17, 15) is 8.78 Å². The smallest absolute Gasteiger partial charge is 0.248 e. The number of hydrogen-bond acceptors (Lipinski definition) is 4. The molecule has 3 nitrogen and oxygen atoms in total. The van der Waals surface area contributed by atoms with Crippen molar-refractivity contribution >= 4 is 11.5 Å². The van der Waals surface area contributed by atoms with Crippen molar-refractivity contribution in [2.24, 2.45) is 0 Å². The molecule has 1 spiro atoms. The van der Waals surface area contributed by atoms with Gasteiger partial charge < -0.3 is 10.1 Å². The van der Waals surface area contributed by atoms with Crippen LogP contribution in [0.2, 0.25) is 0 Å². The zero-order chi connectivity index (χ0) is 12.6. The molecule has 0 bridgehead atoms. The van der Waals surface area contributed by atoms with Crippen molar-refractivity contribution in [2.45, 2.75) is 43.2 Å². The number of nitrogens with one attached hydrogen (secondary N) is 1. The first-order valence-corrected chi connectivity index (χ1v) is 7.04. The molecule has 2 aliphatic rings. The predicted molar refractivity (Wildman–Crippen MR) is 65.0 cm³/mol. The monoisotopic (exact) mass is 274 g/mol. The summed E-state index contributed by atoms with van der Waals surface area (Å²) in [5.41, 5.74) is -0.466. The molecule has 6 heteroatoms. The van der Waals surface area contributed by atoms with E-state index in [0.717, 1.165) is 11.4 Å². The van der Waals surface area contributed by atoms with E-state index in [0.29, 0.717) is 19.4 Å². The fourth-order valence-corrected chi connectivity index (χ4v) is 3.70. The Labute approximate surface area is 109 Å². The van der Waals surface area contributed by atoms with Crippen LogP contribution in [0.3, 0.4) is 0 Å². The highest BCUT2D eigenvalue weighted by molar-refractivity contribution is 7.05. The summed E-state index contributed by atoms with van der Waals surface area (Å²) in [7, 11) is 0. The minimum Gasteiger partial charge on any atom is -0.372 e. The minimum atomic E-state index is -2.52. The molecule has 2 fully saturated rings. The van der Waals surface area contributed by atoms with Crippen LogP contribution in [-0.4, -0.2) is 29.0 Å². The molecule has 1 saturated carbocycles. The van der Waals surface area contributed by atoms with Crippen LogP contribution in [-0.2, 0) is 4.74 Å². The van der Waals surface area contributed by atoms with Crippen molar-refractivity contribution in [3.05, 3.63) is 17.1 Å². The fourth-order valence-electron chi connectivity index (χ4n) is 2.93. The molecule has 18 heavy (non-hydrogen) atoms. The van der Waals surface area contributed by atoms with Crippen LogP contribution in [0.25, 0.3) is 0 Å². The van der Waals surface area contributed by atoms with Gasteiger partial charge in [0, 0.05) is 30.5 Å². The summed E-state index contributed by atoms with van der Waals surface area (Å²) in [6.45, 7) is 1.36. The normalized spacial score (nSPS) is 30.4. The van der Waals surface area contributed by atoms with Crippen molar-refractivity contribution in [2.75, 3.05) is 13.2 Å². The molecule has 1 saturated heterocycles. The summed E-state index contributed by atoms with van der Waals surface area (Å²) in [5, 5.41) is 3.41. The van der Waals surface area contributed by atoms with Crippen molar-refractivity contribution in [3.8, 4) is 0 Å². The lowest BCUT2D eigenvalue weighted by molar-refractivity contribution is -0.162. The number of aromatic nitrogens is 1. The molecule has 0 amide bonds. The molecule has 0 aromatic carbocycles. The van der Waals surface area contributed by atoms with Gasteiger partial charge in [-0.1, -0.05) is 0 Å². The predicted octanol–water partition coefficient (Wildman–Crippen LogP) is 2.75. The number of morpholine rings is 1. The number of rotatable bonds is 1. The van der Waals surface area contributed by atoms with Gasteiger partial charge in [0.1, 0.15) is 0 Å². The van der Waals surface area contributed by atoms with Gasteiger partial charge in [0.25, 0.3) is 0 Å². The molecule has 1 aromatic heterocycles. The van der Waals surface area contributed by atoms with Crippen LogP contribution >= 0.6 is 11.5 Å². The van der Waals surface area contributed by atoms with Crippen LogP contribution in [0, 0.1) is 0 Å². The van der Waals surface area contributed by atoms with E-state index in [1.54, 1.807) is 6.20 Å². The fraction of sp³-hybridized carbons (Fsp3) is 0.750. The molecule has 0 radical (unpaired) electrons. The van der Waals surface area contributed by atoms with E-state index in [1.165, 1.54) is 11.5 Å². The highest BCUT2D eigenvalue weighted by Gasteiger charge is 2.50. The van der Waals surface area contributed by atoms with Crippen LogP contribution in [0.5, 0.6) is 0 Å². The number of alkyl halides is 2. The lowest BCUT2D eigenvalue weighted by Crippen LogP contribution is -2.54. The van der Waals surface area contributed by atoms with Gasteiger partial charge in [0.15, 0.2) is 0 Å². The van der Waals surface area contributed by atoms with E-state index in [2.05, 4.69) is 9.69 Å². The summed E-state index contributed by atoms with van der Waals surface area (Å²) in [5.74, 6) is -2.52. The molecular weight excluding hydrogens is 258 g/mol. The second-order valence-corrected chi connectivity index (χ2v) is 5.94. The van der Waals surface area contributed by atoms with E-state index in [-0.39, 0.29) is 18.9 Å². The van der Waals surface area contributed by atoms with Gasteiger partial charge in [-0.3, -0.25) is 0 Å². The van der Waals surface area contributed by atoms with Crippen molar-refractivity contribution in [3.63, 3.8) is 0 Å². The van der Waals surface area contributed by atoms with Crippen LogP contribution in [0.15, 0.2) is 12.3 Å². The number of hydrogen-bond donors (Lipinski definition) is 1. The SMILES string of the molecule is FC1(F)CCC2(CC1)OCCNC2c1ccns1. The summed E-state index contributed by atoms with van der Waals surface area (Å²) in [6, 6.07) is 1.96. The Morgan fingerprint density at radius 3 is 2.78 bits per heavy atom. The van der Waals surface area contributed by atoms with Gasteiger partial charge in [0.05, 0.1) is 18.2 Å². The third kappa shape index (κ3) is 2.17. The van der Waals surface area contributed by atoms with E-state index >= 15 is 0 Å². The Kier molecular flexibility index (Phi) is 3.11. The van der Waals surface area contributed by atoms with E-state index in [1.807, 2.05) is 6.07 Å². The Morgan fingerprint density at radius 1 is 1.33 bits per heavy atom. The molecule has 1 aromatic rings. The van der Waals surface area contributed by atoms with Crippen LogP contribution in [0.4, 0.5) is 8.78 Å². The first-order valence-electron chi connectivity index (χ1n) is 6.27. The van der Waals surface area contributed by atoms with Gasteiger partial charge in [-0.25, -0.2) is 13.2 Å². The quantitative estimate of drug-likeness (QED) is 0.855. The zero-order valence-electron chi connectivity index (χ0n) is 9.99. The van der Waals surface area contributed by atoms with Crippen molar-refractivity contribution in [1.29, 1.82) is 0 Å². The molecule has 1 aliphatic heterocycles. The average Bonchev–Trinajstić information content (AvgIpc) is 2.88. The summed E-state index contributed by atoms with van der Waals surface area (Å²) in [4.78, 5) is 1.08. The molecule has 3 rings (SSSR count). The maximum absolute atomic E-state index is 13.3. The molecule has 1 aliphatic carbocycles. The molecule has 2 heterocycles. The maximum Gasteiger partial charge on any atom is 0.248 e. The first kappa shape index (κ1) is 12.4. The summed E-state index contributed by atoms with van der Waals surface area (Å²) >= 11 is 1.42. The topological polar surface area (TPSA) is 34.1 Å². The standard InChI is InChI=1S/C12H16F2N2OS/c13-12(14)4-2-11(3-5-12)10(15-7-8-17-11)9-1-6-16-18-9/h1,6,10,15H,2-5,7-8H2. The Balaban J connectivity index is 1.84. The minimum absolute atomic E-state index is 0.00912. The van der Waals surface area contributed by atoms with Crippen LogP contribution in [0.1, 0.15) is 36.6 Å². The Hall–Kier alpha value is -0.590. The lowest BCUT2D eigenvalue weighted by Gasteiger charge is -2.47. The zero-order valence-corrected chi connectivity index (χ0v) is 10.8. The summed E-state index contributed by atoms with van der Waals surface area (Å²) < 4.78 is 36.7. The van der Waals surface area contributed by atoms with Crippen molar-refractivity contribution in [1.82, 2.24) is 9.69 Å². The van der Waals surface area contributed by atoms with Crippen molar-refractivity contribution < 1.29 is 13.5 Å². The number of nitrogens with zero attached hydrogens (tertiary/aromatic N) is 1. The third-order valence-corrected chi connectivity index (χ3v) is 4.75. The number of halogens is 2. The first-order chi connectivity index (χ1) is 8.61. The molecular formula is C12H16F2N2OS. The van der Waals surface area contributed by atoms with Gasteiger partial charge in [0.2, 0.25) is 5.92 Å². The third-order valence-electron chi connectivity index (χ3n) is 3.94. The highest BCUT2D eigenvalue weighted by Crippen LogP contribution is 2.47. The maximum atomic E-state index is 13.3. The van der Waals surface area contributed by atoms with E-state index in [4.69, 9.17) is 4.74 Å². The highest BCUT2D eigenvalue weighted by atomic mass is 32.1. The van der Waals surface area contributed by atoms with Gasteiger partial charge >= 0.3 is 0 Å². The molecule has 1 atom stereocenters. The Morgan fingerprint density at radius 2 is 2.11 bits per heavy atom.